The third-order valence-corrected chi connectivity index (χ3v) is 5.41. The highest BCUT2D eigenvalue weighted by atomic mass is 16.7. The van der Waals surface area contributed by atoms with E-state index in [4.69, 9.17) is 4.84 Å². The van der Waals surface area contributed by atoms with Crippen LogP contribution in [-0.2, 0) is 16.2 Å². The van der Waals surface area contributed by atoms with Gasteiger partial charge in [-0.1, -0.05) is 17.6 Å². The van der Waals surface area contributed by atoms with E-state index in [0.29, 0.717) is 18.7 Å². The molecule has 2 aliphatic heterocycles. The molecule has 1 saturated heterocycles. The van der Waals surface area contributed by atoms with E-state index in [0.717, 1.165) is 31.0 Å². The molecule has 0 aromatic carbocycles. The van der Waals surface area contributed by atoms with Crippen molar-refractivity contribution in [3.63, 3.8) is 0 Å². The Bertz CT molecular complexity index is 629. The van der Waals surface area contributed by atoms with Crippen LogP contribution in [0, 0.1) is 5.92 Å². The molecule has 6 heteroatoms. The van der Waals surface area contributed by atoms with Gasteiger partial charge < -0.3 is 10.2 Å². The van der Waals surface area contributed by atoms with Gasteiger partial charge in [0.25, 0.3) is 5.91 Å². The van der Waals surface area contributed by atoms with E-state index in [1.807, 2.05) is 12.1 Å². The number of nitrogens with zero attached hydrogens (tertiary/aromatic N) is 3. The summed E-state index contributed by atoms with van der Waals surface area (Å²) < 4.78 is 0. The fourth-order valence-electron chi connectivity index (χ4n) is 3.77. The van der Waals surface area contributed by atoms with Crippen molar-refractivity contribution in [2.45, 2.75) is 44.2 Å². The second-order valence-corrected chi connectivity index (χ2v) is 7.32. The Morgan fingerprint density at radius 1 is 1.46 bits per heavy atom. The maximum atomic E-state index is 12.3. The van der Waals surface area contributed by atoms with Crippen molar-refractivity contribution in [1.29, 1.82) is 0 Å². The highest BCUT2D eigenvalue weighted by Gasteiger charge is 2.46. The number of carbonyl (C=O) groups excluding carboxylic acids is 1. The number of nitrogens with one attached hydrogen (secondary N) is 1. The van der Waals surface area contributed by atoms with Gasteiger partial charge >= 0.3 is 0 Å². The number of rotatable bonds is 5. The summed E-state index contributed by atoms with van der Waals surface area (Å²) in [4.78, 5) is 24.6. The highest BCUT2D eigenvalue weighted by molar-refractivity contribution is 6.39. The Labute approximate surface area is 142 Å². The van der Waals surface area contributed by atoms with Crippen molar-refractivity contribution in [1.82, 2.24) is 15.2 Å². The Morgan fingerprint density at radius 3 is 3.12 bits per heavy atom. The fraction of sp³-hybridized carbons (Fsp3) is 0.611. The van der Waals surface area contributed by atoms with Crippen LogP contribution in [0.5, 0.6) is 0 Å². The first-order chi connectivity index (χ1) is 11.7. The molecule has 1 atom stereocenters. The van der Waals surface area contributed by atoms with Crippen LogP contribution >= 0.6 is 0 Å². The molecule has 1 aliphatic carbocycles. The quantitative estimate of drug-likeness (QED) is 0.894. The van der Waals surface area contributed by atoms with Crippen molar-refractivity contribution < 1.29 is 9.63 Å². The van der Waals surface area contributed by atoms with Crippen LogP contribution in [0.3, 0.4) is 0 Å². The summed E-state index contributed by atoms with van der Waals surface area (Å²) in [7, 11) is 0. The number of hydrogen-bond acceptors (Lipinski definition) is 5. The zero-order valence-electron chi connectivity index (χ0n) is 13.9. The molecular formula is C18H24N4O2. The molecule has 1 saturated carbocycles. The number of carbonyl (C=O) groups is 1. The molecule has 4 rings (SSSR count). The minimum Gasteiger partial charge on any atom is -0.387 e. The molecule has 1 aromatic heterocycles. The summed E-state index contributed by atoms with van der Waals surface area (Å²) in [5.41, 5.74) is 1.22. The van der Waals surface area contributed by atoms with Crippen molar-refractivity contribution >= 4 is 11.6 Å². The van der Waals surface area contributed by atoms with Gasteiger partial charge in [-0.3, -0.25) is 14.7 Å². The van der Waals surface area contributed by atoms with E-state index >= 15 is 0 Å². The predicted octanol–water partition coefficient (Wildman–Crippen LogP) is 1.72. The number of pyridine rings is 1. The van der Waals surface area contributed by atoms with Gasteiger partial charge in [0.15, 0.2) is 5.60 Å². The van der Waals surface area contributed by atoms with Gasteiger partial charge in [0.05, 0.1) is 0 Å². The predicted molar refractivity (Wildman–Crippen MR) is 90.3 cm³/mol. The summed E-state index contributed by atoms with van der Waals surface area (Å²) >= 11 is 0. The summed E-state index contributed by atoms with van der Waals surface area (Å²) in [5.74, 6) is 0.734. The van der Waals surface area contributed by atoms with Crippen LogP contribution in [0.4, 0.5) is 0 Å². The van der Waals surface area contributed by atoms with E-state index < -0.39 is 0 Å². The third-order valence-electron chi connectivity index (χ3n) is 5.41. The number of likely N-dealkylation sites (tertiary alicyclic amines) is 1. The van der Waals surface area contributed by atoms with E-state index in [9.17, 15) is 4.79 Å². The standard InChI is InChI=1S/C18H24N4O2/c23-17(20-11-15-5-2-7-19-10-15)16-9-18(24-21-16)6-8-22(13-18)12-14-3-1-4-14/h2,5,7,10,14H,1,3-4,6,8-9,11-13H2,(H,20,23)/t18-/m1/s1. The van der Waals surface area contributed by atoms with Gasteiger partial charge in [-0.25, -0.2) is 0 Å². The smallest absolute Gasteiger partial charge is 0.269 e. The van der Waals surface area contributed by atoms with Gasteiger partial charge in [0.1, 0.15) is 5.71 Å². The van der Waals surface area contributed by atoms with E-state index in [1.54, 1.807) is 12.4 Å². The molecule has 3 aliphatic rings. The number of aromatic nitrogens is 1. The van der Waals surface area contributed by atoms with Gasteiger partial charge in [-0.05, 0) is 30.4 Å². The van der Waals surface area contributed by atoms with Crippen molar-refractivity contribution in [2.24, 2.45) is 11.1 Å². The van der Waals surface area contributed by atoms with Gasteiger partial charge in [-0.15, -0.1) is 0 Å². The average Bonchev–Trinajstić information content (AvgIpc) is 3.17. The molecule has 128 valence electrons. The third kappa shape index (κ3) is 3.29. The van der Waals surface area contributed by atoms with Crippen LogP contribution < -0.4 is 5.32 Å². The zero-order valence-corrected chi connectivity index (χ0v) is 13.9. The first kappa shape index (κ1) is 15.6. The minimum absolute atomic E-state index is 0.131. The molecule has 0 unspecified atom stereocenters. The molecule has 6 nitrogen and oxygen atoms in total. The van der Waals surface area contributed by atoms with Crippen LogP contribution in [-0.4, -0.2) is 46.7 Å². The lowest BCUT2D eigenvalue weighted by atomic mass is 9.85. The number of hydrogen-bond donors (Lipinski definition) is 1. The van der Waals surface area contributed by atoms with Crippen LogP contribution in [0.2, 0.25) is 0 Å². The molecule has 1 aromatic rings. The highest BCUT2D eigenvalue weighted by Crippen LogP contribution is 2.36. The lowest BCUT2D eigenvalue weighted by Gasteiger charge is -2.30. The van der Waals surface area contributed by atoms with Crippen LogP contribution in [0.15, 0.2) is 29.7 Å². The van der Waals surface area contributed by atoms with Crippen molar-refractivity contribution in [2.75, 3.05) is 19.6 Å². The second-order valence-electron chi connectivity index (χ2n) is 7.32. The van der Waals surface area contributed by atoms with E-state index in [1.165, 1.54) is 25.8 Å². The summed E-state index contributed by atoms with van der Waals surface area (Å²) in [6, 6.07) is 3.80. The van der Waals surface area contributed by atoms with Gasteiger partial charge in [0, 0.05) is 51.4 Å². The van der Waals surface area contributed by atoms with E-state index in [2.05, 4.69) is 20.4 Å². The molecule has 1 N–H and O–H groups in total. The Hall–Kier alpha value is -1.95. The molecule has 1 amide bonds. The van der Waals surface area contributed by atoms with Crippen LogP contribution in [0.25, 0.3) is 0 Å². The molecule has 1 spiro atoms. The Kier molecular flexibility index (Phi) is 4.22. The van der Waals surface area contributed by atoms with E-state index in [-0.39, 0.29) is 11.5 Å². The first-order valence-electron chi connectivity index (χ1n) is 8.87. The normalized spacial score (nSPS) is 26.9. The maximum absolute atomic E-state index is 12.3. The molecule has 24 heavy (non-hydrogen) atoms. The Balaban J connectivity index is 1.27. The molecule has 0 bridgehead atoms. The average molecular weight is 328 g/mol. The summed E-state index contributed by atoms with van der Waals surface area (Å²) in [5, 5.41) is 7.00. The summed E-state index contributed by atoms with van der Waals surface area (Å²) in [6.07, 6.45) is 9.16. The molecule has 2 fully saturated rings. The second kappa shape index (κ2) is 6.51. The lowest BCUT2D eigenvalue weighted by Crippen LogP contribution is -2.38. The largest absolute Gasteiger partial charge is 0.387 e. The van der Waals surface area contributed by atoms with Crippen LogP contribution in [0.1, 0.15) is 37.7 Å². The fourth-order valence-corrected chi connectivity index (χ4v) is 3.77. The molecule has 3 heterocycles. The monoisotopic (exact) mass is 328 g/mol. The van der Waals surface area contributed by atoms with Gasteiger partial charge in [0.2, 0.25) is 0 Å². The topological polar surface area (TPSA) is 66.8 Å². The Morgan fingerprint density at radius 2 is 2.38 bits per heavy atom. The van der Waals surface area contributed by atoms with Gasteiger partial charge in [-0.2, -0.15) is 0 Å². The number of amides is 1. The summed E-state index contributed by atoms with van der Waals surface area (Å²) in [6.45, 7) is 3.59. The number of oxime groups is 1. The molecule has 0 radical (unpaired) electrons. The zero-order chi connectivity index (χ0) is 16.4. The van der Waals surface area contributed by atoms with Crippen molar-refractivity contribution in [3.05, 3.63) is 30.1 Å². The lowest BCUT2D eigenvalue weighted by molar-refractivity contribution is -0.115. The maximum Gasteiger partial charge on any atom is 0.269 e. The minimum atomic E-state index is -0.273. The first-order valence-corrected chi connectivity index (χ1v) is 8.87. The SMILES string of the molecule is O=C(NCc1cccnc1)C1=NO[C@]2(CCN(CC3CCC3)C2)C1. The molecular weight excluding hydrogens is 304 g/mol. The van der Waals surface area contributed by atoms with Crippen molar-refractivity contribution in [3.8, 4) is 0 Å².